The van der Waals surface area contributed by atoms with Gasteiger partial charge in [-0.3, -0.25) is 19.9 Å². The molecule has 6 nitrogen and oxygen atoms in total. The number of nitrogens with one attached hydrogen (secondary N) is 3. The number of aromatic nitrogens is 1. The summed E-state index contributed by atoms with van der Waals surface area (Å²) < 4.78 is 0. The number of carbonyl (C=O) groups is 2. The summed E-state index contributed by atoms with van der Waals surface area (Å²) >= 11 is 12.8. The molecule has 3 atom stereocenters. The molecule has 2 aromatic rings. The molecule has 2 aliphatic heterocycles. The van der Waals surface area contributed by atoms with Gasteiger partial charge in [-0.05, 0) is 55.0 Å². The van der Waals surface area contributed by atoms with Crippen LogP contribution in [0.4, 0.5) is 5.69 Å². The minimum absolute atomic E-state index is 0.0380. The van der Waals surface area contributed by atoms with Crippen molar-refractivity contribution in [2.24, 2.45) is 0 Å². The molecule has 4 aliphatic rings. The van der Waals surface area contributed by atoms with E-state index in [1.54, 1.807) is 12.4 Å². The molecule has 8 heteroatoms. The molecule has 0 unspecified atom stereocenters. The normalized spacial score (nSPS) is 29.3. The van der Waals surface area contributed by atoms with Gasteiger partial charge in [0.25, 0.3) is 0 Å². The van der Waals surface area contributed by atoms with Crippen LogP contribution in [0.5, 0.6) is 0 Å². The first-order valence-corrected chi connectivity index (χ1v) is 14.0. The maximum Gasteiger partial charge on any atom is 0.238 e. The van der Waals surface area contributed by atoms with E-state index in [1.807, 2.05) is 24.3 Å². The Morgan fingerprint density at radius 1 is 0.972 bits per heavy atom. The summed E-state index contributed by atoms with van der Waals surface area (Å²) in [7, 11) is 0. The van der Waals surface area contributed by atoms with Crippen LogP contribution in [-0.2, 0) is 15.0 Å². The molecule has 1 aromatic heterocycles. The first kappa shape index (κ1) is 24.2. The van der Waals surface area contributed by atoms with Crippen molar-refractivity contribution in [3.8, 4) is 0 Å². The van der Waals surface area contributed by atoms with E-state index >= 15 is 0 Å². The zero-order chi connectivity index (χ0) is 24.9. The quantitative estimate of drug-likeness (QED) is 0.494. The third kappa shape index (κ3) is 3.67. The number of nitrogens with zero attached hydrogens (tertiary/aromatic N) is 1. The Morgan fingerprint density at radius 2 is 1.72 bits per heavy atom. The number of fused-ring (bicyclic) bond motifs is 3. The van der Waals surface area contributed by atoms with E-state index in [2.05, 4.69) is 20.9 Å². The number of rotatable bonds is 3. The number of anilines is 1. The Balaban J connectivity index is 1.54. The van der Waals surface area contributed by atoms with Gasteiger partial charge in [-0.1, -0.05) is 67.8 Å². The average Bonchev–Trinajstić information content (AvgIpc) is 3.32. The Hall–Kier alpha value is -2.15. The summed E-state index contributed by atoms with van der Waals surface area (Å²) in [6.07, 6.45) is 13.6. The lowest BCUT2D eigenvalue weighted by molar-refractivity contribution is -0.124. The highest BCUT2D eigenvalue weighted by atomic mass is 35.5. The standard InChI is InChI=1S/C28H32Cl2N4O2/c29-18-9-10-21-22(14-18)33-26(36)28(21)23(17-13-19(30)16-31-15-17)24(34-27(28)11-5-2-6-12-27)25(35)32-20-7-3-1-4-8-20/h9-10,13-16,20,23-24,34H,1-8,11-12H2,(H,32,35)(H,33,36)/t23-,24+,28+/m0/s1. The molecule has 190 valence electrons. The maximum atomic E-state index is 14.3. The van der Waals surface area contributed by atoms with Crippen molar-refractivity contribution in [1.29, 1.82) is 0 Å². The molecular formula is C28H32Cl2N4O2. The first-order chi connectivity index (χ1) is 17.4. The molecule has 3 heterocycles. The first-order valence-electron chi connectivity index (χ1n) is 13.2. The van der Waals surface area contributed by atoms with Crippen LogP contribution in [0.1, 0.15) is 81.3 Å². The SMILES string of the molecule is O=C(NC1CCCCC1)[C@@H]1NC2(CCCCC2)[C@@]2(C(=O)Nc3cc(Cl)ccc32)[C@H]1c1cncc(Cl)c1. The van der Waals surface area contributed by atoms with Crippen LogP contribution in [0.2, 0.25) is 10.0 Å². The molecular weight excluding hydrogens is 495 g/mol. The fraction of sp³-hybridized carbons (Fsp3) is 0.536. The summed E-state index contributed by atoms with van der Waals surface area (Å²) in [6.45, 7) is 0. The number of benzene rings is 1. The van der Waals surface area contributed by atoms with Gasteiger partial charge in [0.1, 0.15) is 5.41 Å². The molecule has 36 heavy (non-hydrogen) atoms. The van der Waals surface area contributed by atoms with Gasteiger partial charge < -0.3 is 10.6 Å². The van der Waals surface area contributed by atoms with E-state index in [4.69, 9.17) is 23.2 Å². The smallest absolute Gasteiger partial charge is 0.238 e. The number of carbonyl (C=O) groups excluding carboxylic acids is 2. The van der Waals surface area contributed by atoms with Crippen molar-refractivity contribution in [2.75, 3.05) is 5.32 Å². The van der Waals surface area contributed by atoms with Crippen LogP contribution in [0.3, 0.4) is 0 Å². The van der Waals surface area contributed by atoms with E-state index in [-0.39, 0.29) is 17.9 Å². The Labute approximate surface area is 221 Å². The van der Waals surface area contributed by atoms with Crippen LogP contribution in [-0.4, -0.2) is 34.4 Å². The second-order valence-electron chi connectivity index (χ2n) is 11.0. The summed E-state index contributed by atoms with van der Waals surface area (Å²) in [5.41, 5.74) is 0.903. The van der Waals surface area contributed by atoms with Gasteiger partial charge in [-0.15, -0.1) is 0 Å². The molecule has 2 amide bonds. The third-order valence-corrected chi connectivity index (χ3v) is 9.47. The molecule has 0 bridgehead atoms. The van der Waals surface area contributed by atoms with Crippen molar-refractivity contribution in [3.05, 3.63) is 57.8 Å². The molecule has 0 radical (unpaired) electrons. The number of halogens is 2. The summed E-state index contributed by atoms with van der Waals surface area (Å²) in [6, 6.07) is 7.10. The number of hydrogen-bond acceptors (Lipinski definition) is 4. The van der Waals surface area contributed by atoms with Gasteiger partial charge >= 0.3 is 0 Å². The van der Waals surface area contributed by atoms with Gasteiger partial charge in [0.05, 0.1) is 11.1 Å². The maximum absolute atomic E-state index is 14.3. The summed E-state index contributed by atoms with van der Waals surface area (Å²) in [5.74, 6) is -0.580. The lowest BCUT2D eigenvalue weighted by atomic mass is 9.55. The third-order valence-electron chi connectivity index (χ3n) is 9.03. The molecule has 3 fully saturated rings. The Bertz CT molecular complexity index is 1190. The Kier molecular flexibility index (Phi) is 6.25. The van der Waals surface area contributed by atoms with Crippen LogP contribution < -0.4 is 16.0 Å². The second-order valence-corrected chi connectivity index (χ2v) is 11.8. The number of hydrogen-bond donors (Lipinski definition) is 3. The van der Waals surface area contributed by atoms with Crippen LogP contribution in [0.15, 0.2) is 36.7 Å². The fourth-order valence-corrected chi connectivity index (χ4v) is 7.98. The van der Waals surface area contributed by atoms with E-state index in [0.717, 1.165) is 74.6 Å². The lowest BCUT2D eigenvalue weighted by Crippen LogP contribution is -2.60. The van der Waals surface area contributed by atoms with Crippen molar-refractivity contribution >= 4 is 40.7 Å². The summed E-state index contributed by atoms with van der Waals surface area (Å²) in [5, 5.41) is 11.4. The highest BCUT2D eigenvalue weighted by Crippen LogP contribution is 2.62. The van der Waals surface area contributed by atoms with Gasteiger partial charge in [-0.25, -0.2) is 0 Å². The van der Waals surface area contributed by atoms with Gasteiger partial charge in [0.2, 0.25) is 11.8 Å². The van der Waals surface area contributed by atoms with E-state index in [0.29, 0.717) is 10.0 Å². The van der Waals surface area contributed by atoms with Crippen molar-refractivity contribution in [3.63, 3.8) is 0 Å². The minimum Gasteiger partial charge on any atom is -0.352 e. The van der Waals surface area contributed by atoms with Crippen LogP contribution >= 0.6 is 23.2 Å². The zero-order valence-corrected chi connectivity index (χ0v) is 21.8. The topological polar surface area (TPSA) is 83.1 Å². The van der Waals surface area contributed by atoms with E-state index in [9.17, 15) is 9.59 Å². The molecule has 2 spiro atoms. The number of pyridine rings is 1. The van der Waals surface area contributed by atoms with Crippen LogP contribution in [0, 0.1) is 0 Å². The highest BCUT2D eigenvalue weighted by Gasteiger charge is 2.72. The fourth-order valence-electron chi connectivity index (χ4n) is 7.62. The molecule has 2 saturated carbocycles. The second kappa shape index (κ2) is 9.30. The zero-order valence-electron chi connectivity index (χ0n) is 20.3. The molecule has 3 N–H and O–H groups in total. The predicted octanol–water partition coefficient (Wildman–Crippen LogP) is 5.49. The van der Waals surface area contributed by atoms with E-state index < -0.39 is 22.9 Å². The highest BCUT2D eigenvalue weighted by molar-refractivity contribution is 6.31. The van der Waals surface area contributed by atoms with Crippen molar-refractivity contribution in [1.82, 2.24) is 15.6 Å². The Morgan fingerprint density at radius 3 is 2.47 bits per heavy atom. The van der Waals surface area contributed by atoms with Crippen molar-refractivity contribution in [2.45, 2.75) is 93.2 Å². The number of amides is 2. The average molecular weight is 527 g/mol. The van der Waals surface area contributed by atoms with Crippen molar-refractivity contribution < 1.29 is 9.59 Å². The van der Waals surface area contributed by atoms with Gasteiger partial charge in [0.15, 0.2) is 0 Å². The molecule has 1 saturated heterocycles. The van der Waals surface area contributed by atoms with Crippen LogP contribution in [0.25, 0.3) is 0 Å². The summed E-state index contributed by atoms with van der Waals surface area (Å²) in [4.78, 5) is 32.7. The predicted molar refractivity (Wildman–Crippen MR) is 142 cm³/mol. The lowest BCUT2D eigenvalue weighted by Gasteiger charge is -2.47. The molecule has 6 rings (SSSR count). The monoisotopic (exact) mass is 526 g/mol. The molecule has 2 aliphatic carbocycles. The minimum atomic E-state index is -0.978. The van der Waals surface area contributed by atoms with Gasteiger partial charge in [-0.2, -0.15) is 0 Å². The molecule has 1 aromatic carbocycles. The van der Waals surface area contributed by atoms with E-state index in [1.165, 1.54) is 6.42 Å². The largest absolute Gasteiger partial charge is 0.352 e. The van der Waals surface area contributed by atoms with Gasteiger partial charge in [0, 0.05) is 40.6 Å².